The van der Waals surface area contributed by atoms with Crippen molar-refractivity contribution in [1.82, 2.24) is 9.78 Å². The SMILES string of the molecule is CC(C)C1CNc2cc(C(=O)O)nn2C1. The predicted molar refractivity (Wildman–Crippen MR) is 56.0 cm³/mol. The van der Waals surface area contributed by atoms with Gasteiger partial charge in [-0.25, -0.2) is 9.48 Å². The fourth-order valence-corrected chi connectivity index (χ4v) is 1.77. The first-order chi connectivity index (χ1) is 7.08. The normalized spacial score (nSPS) is 19.8. The van der Waals surface area contributed by atoms with Crippen LogP contribution < -0.4 is 5.32 Å². The Balaban J connectivity index is 2.23. The molecule has 2 heterocycles. The minimum atomic E-state index is -0.972. The van der Waals surface area contributed by atoms with Gasteiger partial charge in [0.2, 0.25) is 0 Å². The zero-order valence-electron chi connectivity index (χ0n) is 8.90. The standard InChI is InChI=1S/C10H15N3O2/c1-6(2)7-4-11-9-3-8(10(14)15)12-13(9)5-7/h3,6-7,11H,4-5H2,1-2H3,(H,14,15). The third kappa shape index (κ3) is 1.82. The Hall–Kier alpha value is -1.52. The van der Waals surface area contributed by atoms with Crippen molar-refractivity contribution in [2.45, 2.75) is 20.4 Å². The number of carboxylic acids is 1. The lowest BCUT2D eigenvalue weighted by Gasteiger charge is -2.27. The van der Waals surface area contributed by atoms with Crippen LogP contribution in [0.5, 0.6) is 0 Å². The van der Waals surface area contributed by atoms with Gasteiger partial charge in [-0.05, 0) is 11.8 Å². The molecule has 0 radical (unpaired) electrons. The molecular weight excluding hydrogens is 194 g/mol. The van der Waals surface area contributed by atoms with Crippen LogP contribution in [0.4, 0.5) is 5.82 Å². The van der Waals surface area contributed by atoms with Crippen molar-refractivity contribution in [2.24, 2.45) is 11.8 Å². The molecule has 0 aromatic carbocycles. The maximum Gasteiger partial charge on any atom is 0.356 e. The Bertz CT molecular complexity index is 384. The number of nitrogens with one attached hydrogen (secondary N) is 1. The number of aromatic carboxylic acids is 1. The number of rotatable bonds is 2. The molecule has 0 spiro atoms. The molecule has 2 N–H and O–H groups in total. The van der Waals surface area contributed by atoms with E-state index in [0.717, 1.165) is 18.9 Å². The summed E-state index contributed by atoms with van der Waals surface area (Å²) >= 11 is 0. The molecule has 1 aliphatic rings. The second-order valence-electron chi connectivity index (χ2n) is 4.29. The highest BCUT2D eigenvalue weighted by Gasteiger charge is 2.23. The summed E-state index contributed by atoms with van der Waals surface area (Å²) < 4.78 is 1.75. The lowest BCUT2D eigenvalue weighted by atomic mass is 9.95. The monoisotopic (exact) mass is 209 g/mol. The van der Waals surface area contributed by atoms with Crippen molar-refractivity contribution >= 4 is 11.8 Å². The molecule has 82 valence electrons. The molecule has 0 aliphatic carbocycles. The largest absolute Gasteiger partial charge is 0.476 e. The van der Waals surface area contributed by atoms with Gasteiger partial charge in [0.25, 0.3) is 0 Å². The first kappa shape index (κ1) is 10.0. The van der Waals surface area contributed by atoms with Gasteiger partial charge in [-0.1, -0.05) is 13.8 Å². The van der Waals surface area contributed by atoms with E-state index in [1.54, 1.807) is 10.7 Å². The number of nitrogens with zero attached hydrogens (tertiary/aromatic N) is 2. The third-order valence-corrected chi connectivity index (χ3v) is 2.89. The van der Waals surface area contributed by atoms with Gasteiger partial charge in [0.15, 0.2) is 5.69 Å². The summed E-state index contributed by atoms with van der Waals surface area (Å²) in [6.45, 7) is 6.02. The third-order valence-electron chi connectivity index (χ3n) is 2.89. The van der Waals surface area contributed by atoms with Gasteiger partial charge in [-0.3, -0.25) is 0 Å². The maximum absolute atomic E-state index is 10.7. The van der Waals surface area contributed by atoms with Gasteiger partial charge < -0.3 is 10.4 Å². The zero-order chi connectivity index (χ0) is 11.0. The van der Waals surface area contributed by atoms with Crippen molar-refractivity contribution in [3.8, 4) is 0 Å². The molecule has 0 amide bonds. The quantitative estimate of drug-likeness (QED) is 0.770. The van der Waals surface area contributed by atoms with E-state index >= 15 is 0 Å². The van der Waals surface area contributed by atoms with Gasteiger partial charge in [0, 0.05) is 19.2 Å². The first-order valence-electron chi connectivity index (χ1n) is 5.13. The van der Waals surface area contributed by atoms with Crippen LogP contribution in [0, 0.1) is 11.8 Å². The van der Waals surface area contributed by atoms with E-state index in [0.29, 0.717) is 11.8 Å². The van der Waals surface area contributed by atoms with Crippen LogP contribution in [0.15, 0.2) is 6.07 Å². The molecule has 1 aromatic rings. The van der Waals surface area contributed by atoms with Crippen LogP contribution in [0.25, 0.3) is 0 Å². The zero-order valence-corrected chi connectivity index (χ0v) is 8.90. The highest BCUT2D eigenvalue weighted by Crippen LogP contribution is 2.23. The van der Waals surface area contributed by atoms with Crippen LogP contribution >= 0.6 is 0 Å². The van der Waals surface area contributed by atoms with Crippen LogP contribution in [0.3, 0.4) is 0 Å². The Morgan fingerprint density at radius 2 is 2.47 bits per heavy atom. The fraction of sp³-hybridized carbons (Fsp3) is 0.600. The molecule has 1 aromatic heterocycles. The Morgan fingerprint density at radius 1 is 1.73 bits per heavy atom. The van der Waals surface area contributed by atoms with E-state index in [2.05, 4.69) is 24.3 Å². The van der Waals surface area contributed by atoms with Crippen LogP contribution in [0.2, 0.25) is 0 Å². The number of hydrogen-bond donors (Lipinski definition) is 2. The Kier molecular flexibility index (Phi) is 2.38. The molecule has 0 fully saturated rings. The number of carbonyl (C=O) groups is 1. The summed E-state index contributed by atoms with van der Waals surface area (Å²) in [6.07, 6.45) is 0. The average Bonchev–Trinajstić information content (AvgIpc) is 2.59. The molecule has 1 aliphatic heterocycles. The second-order valence-corrected chi connectivity index (χ2v) is 4.29. The van der Waals surface area contributed by atoms with Gasteiger partial charge in [0.05, 0.1) is 0 Å². The van der Waals surface area contributed by atoms with Crippen molar-refractivity contribution in [2.75, 3.05) is 11.9 Å². The molecule has 1 atom stereocenters. The summed E-state index contributed by atoms with van der Waals surface area (Å²) in [5.74, 6) is 0.922. The molecule has 0 saturated heterocycles. The lowest BCUT2D eigenvalue weighted by molar-refractivity contribution is 0.0689. The smallest absolute Gasteiger partial charge is 0.356 e. The van der Waals surface area contributed by atoms with Gasteiger partial charge in [-0.15, -0.1) is 0 Å². The predicted octanol–water partition coefficient (Wildman–Crippen LogP) is 1.28. The van der Waals surface area contributed by atoms with Gasteiger partial charge in [0.1, 0.15) is 5.82 Å². The lowest BCUT2D eigenvalue weighted by Crippen LogP contribution is -2.31. The highest BCUT2D eigenvalue weighted by molar-refractivity contribution is 5.86. The summed E-state index contributed by atoms with van der Waals surface area (Å²) in [4.78, 5) is 10.7. The fourth-order valence-electron chi connectivity index (χ4n) is 1.77. The van der Waals surface area contributed by atoms with Crippen LogP contribution in [0.1, 0.15) is 24.3 Å². The number of anilines is 1. The minimum absolute atomic E-state index is 0.113. The summed E-state index contributed by atoms with van der Waals surface area (Å²) in [7, 11) is 0. The van der Waals surface area contributed by atoms with E-state index in [1.165, 1.54) is 0 Å². The second kappa shape index (κ2) is 3.56. The van der Waals surface area contributed by atoms with Crippen molar-refractivity contribution in [1.29, 1.82) is 0 Å². The van der Waals surface area contributed by atoms with E-state index in [-0.39, 0.29) is 5.69 Å². The molecule has 5 nitrogen and oxygen atoms in total. The maximum atomic E-state index is 10.7. The van der Waals surface area contributed by atoms with Crippen molar-refractivity contribution < 1.29 is 9.90 Å². The number of fused-ring (bicyclic) bond motifs is 1. The molecule has 2 rings (SSSR count). The number of carboxylic acid groups (broad SMARTS) is 1. The molecule has 0 bridgehead atoms. The van der Waals surface area contributed by atoms with Crippen LogP contribution in [-0.4, -0.2) is 27.4 Å². The molecule has 15 heavy (non-hydrogen) atoms. The molecule has 0 saturated carbocycles. The summed E-state index contributed by atoms with van der Waals surface area (Å²) in [6, 6.07) is 1.58. The first-order valence-corrected chi connectivity index (χ1v) is 5.13. The van der Waals surface area contributed by atoms with Gasteiger partial charge in [-0.2, -0.15) is 5.10 Å². The average molecular weight is 209 g/mol. The van der Waals surface area contributed by atoms with Crippen LogP contribution in [-0.2, 0) is 6.54 Å². The van der Waals surface area contributed by atoms with E-state index in [9.17, 15) is 4.79 Å². The molecule has 1 unspecified atom stereocenters. The molecule has 5 heteroatoms. The van der Waals surface area contributed by atoms with E-state index in [1.807, 2.05) is 0 Å². The number of aromatic nitrogens is 2. The highest BCUT2D eigenvalue weighted by atomic mass is 16.4. The summed E-state index contributed by atoms with van der Waals surface area (Å²) in [5, 5.41) is 16.0. The summed E-state index contributed by atoms with van der Waals surface area (Å²) in [5.41, 5.74) is 0.113. The van der Waals surface area contributed by atoms with E-state index in [4.69, 9.17) is 5.11 Å². The van der Waals surface area contributed by atoms with E-state index < -0.39 is 5.97 Å². The van der Waals surface area contributed by atoms with Crippen molar-refractivity contribution in [3.63, 3.8) is 0 Å². The Labute approximate surface area is 88.1 Å². The molecular formula is C10H15N3O2. The van der Waals surface area contributed by atoms with Crippen molar-refractivity contribution in [3.05, 3.63) is 11.8 Å². The topological polar surface area (TPSA) is 67.2 Å². The van der Waals surface area contributed by atoms with Gasteiger partial charge >= 0.3 is 5.97 Å². The number of hydrogen-bond acceptors (Lipinski definition) is 3. The minimum Gasteiger partial charge on any atom is -0.476 e. The Morgan fingerprint density at radius 3 is 3.07 bits per heavy atom.